The van der Waals surface area contributed by atoms with E-state index in [-0.39, 0.29) is 6.61 Å². The predicted octanol–water partition coefficient (Wildman–Crippen LogP) is 3.38. The molecule has 2 heterocycles. The Hall–Kier alpha value is -2.57. The molecule has 3 aromatic rings. The molecule has 0 aliphatic carbocycles. The molecule has 6 heteroatoms. The van der Waals surface area contributed by atoms with Gasteiger partial charge in [0.1, 0.15) is 30.0 Å². The zero-order valence-electron chi connectivity index (χ0n) is 16.1. The standard InChI is InChI=1S/C22H26N2O4/c1-26-18-5-4-6-19(13-18)28-15-17(25)14-24-21-8-3-2-7-20(21)23-22(24)16-9-11-27-12-10-16/h2-8,13,16-17,25H,9-12,14-15H2,1H3. The summed E-state index contributed by atoms with van der Waals surface area (Å²) in [6, 6.07) is 15.5. The van der Waals surface area contributed by atoms with Crippen molar-refractivity contribution in [1.29, 1.82) is 0 Å². The van der Waals surface area contributed by atoms with E-state index in [1.54, 1.807) is 7.11 Å². The molecule has 6 nitrogen and oxygen atoms in total. The number of aromatic nitrogens is 2. The van der Waals surface area contributed by atoms with Crippen LogP contribution in [0.15, 0.2) is 48.5 Å². The van der Waals surface area contributed by atoms with Gasteiger partial charge < -0.3 is 23.9 Å². The number of methoxy groups -OCH3 is 1. The molecule has 2 aromatic carbocycles. The number of aliphatic hydroxyl groups is 1. The Kier molecular flexibility index (Phi) is 5.78. The van der Waals surface area contributed by atoms with Gasteiger partial charge in [-0.15, -0.1) is 0 Å². The number of hydrogen-bond donors (Lipinski definition) is 1. The molecule has 0 radical (unpaired) electrons. The molecule has 1 saturated heterocycles. The summed E-state index contributed by atoms with van der Waals surface area (Å²) in [5.74, 6) is 2.80. The Labute approximate surface area is 164 Å². The van der Waals surface area contributed by atoms with E-state index in [4.69, 9.17) is 19.2 Å². The van der Waals surface area contributed by atoms with Crippen LogP contribution >= 0.6 is 0 Å². The second kappa shape index (κ2) is 8.63. The Bertz CT molecular complexity index is 918. The Morgan fingerprint density at radius 3 is 2.75 bits per heavy atom. The number of benzene rings is 2. The first kappa shape index (κ1) is 18.8. The molecule has 0 amide bonds. The monoisotopic (exact) mass is 382 g/mol. The Morgan fingerprint density at radius 1 is 1.14 bits per heavy atom. The fourth-order valence-electron chi connectivity index (χ4n) is 3.70. The van der Waals surface area contributed by atoms with E-state index in [2.05, 4.69) is 10.6 Å². The van der Waals surface area contributed by atoms with Crippen molar-refractivity contribution in [3.8, 4) is 11.5 Å². The highest BCUT2D eigenvalue weighted by atomic mass is 16.5. The van der Waals surface area contributed by atoms with Crippen LogP contribution in [0.1, 0.15) is 24.6 Å². The third-order valence-corrected chi connectivity index (χ3v) is 5.15. The van der Waals surface area contributed by atoms with E-state index in [9.17, 15) is 5.11 Å². The van der Waals surface area contributed by atoms with Gasteiger partial charge in [-0.1, -0.05) is 18.2 Å². The van der Waals surface area contributed by atoms with Crippen molar-refractivity contribution in [2.45, 2.75) is 31.4 Å². The summed E-state index contributed by atoms with van der Waals surface area (Å²) in [6.07, 6.45) is 1.27. The predicted molar refractivity (Wildman–Crippen MR) is 107 cm³/mol. The van der Waals surface area contributed by atoms with Gasteiger partial charge in [0.05, 0.1) is 24.7 Å². The maximum atomic E-state index is 10.7. The minimum Gasteiger partial charge on any atom is -0.497 e. The van der Waals surface area contributed by atoms with E-state index >= 15 is 0 Å². The first-order valence-electron chi connectivity index (χ1n) is 9.72. The molecule has 1 aliphatic heterocycles. The van der Waals surface area contributed by atoms with E-state index in [1.807, 2.05) is 42.5 Å². The van der Waals surface area contributed by atoms with Gasteiger partial charge in [-0.05, 0) is 37.1 Å². The molecule has 1 atom stereocenters. The Balaban J connectivity index is 1.51. The average Bonchev–Trinajstić information content (AvgIpc) is 3.11. The number of para-hydroxylation sites is 2. The highest BCUT2D eigenvalue weighted by Gasteiger charge is 2.24. The lowest BCUT2D eigenvalue weighted by Crippen LogP contribution is -2.26. The van der Waals surface area contributed by atoms with Crippen molar-refractivity contribution in [2.24, 2.45) is 0 Å². The van der Waals surface area contributed by atoms with Crippen LogP contribution in [0.3, 0.4) is 0 Å². The zero-order chi connectivity index (χ0) is 19.3. The molecule has 0 bridgehead atoms. The molecule has 1 unspecified atom stereocenters. The smallest absolute Gasteiger partial charge is 0.123 e. The minimum absolute atomic E-state index is 0.201. The van der Waals surface area contributed by atoms with Crippen molar-refractivity contribution >= 4 is 11.0 Å². The van der Waals surface area contributed by atoms with Crippen LogP contribution in [-0.2, 0) is 11.3 Å². The summed E-state index contributed by atoms with van der Waals surface area (Å²) < 4.78 is 18.6. The zero-order valence-corrected chi connectivity index (χ0v) is 16.1. The molecule has 1 fully saturated rings. The molecular weight excluding hydrogens is 356 g/mol. The topological polar surface area (TPSA) is 65.7 Å². The van der Waals surface area contributed by atoms with Gasteiger partial charge in [0, 0.05) is 25.2 Å². The normalized spacial score (nSPS) is 16.2. The lowest BCUT2D eigenvalue weighted by Gasteiger charge is -2.23. The third kappa shape index (κ3) is 4.13. The number of ether oxygens (including phenoxy) is 3. The second-order valence-electron chi connectivity index (χ2n) is 7.10. The van der Waals surface area contributed by atoms with Crippen molar-refractivity contribution in [1.82, 2.24) is 9.55 Å². The summed E-state index contributed by atoms with van der Waals surface area (Å²) in [6.45, 7) is 2.16. The number of fused-ring (bicyclic) bond motifs is 1. The largest absolute Gasteiger partial charge is 0.497 e. The van der Waals surface area contributed by atoms with E-state index in [0.29, 0.717) is 18.2 Å². The fraction of sp³-hybridized carbons (Fsp3) is 0.409. The van der Waals surface area contributed by atoms with Crippen LogP contribution in [0.4, 0.5) is 0 Å². The lowest BCUT2D eigenvalue weighted by atomic mass is 9.99. The molecular formula is C22H26N2O4. The van der Waals surface area contributed by atoms with E-state index < -0.39 is 6.10 Å². The fourth-order valence-corrected chi connectivity index (χ4v) is 3.70. The van der Waals surface area contributed by atoms with Crippen LogP contribution in [-0.4, -0.2) is 47.7 Å². The van der Waals surface area contributed by atoms with Gasteiger partial charge in [0.15, 0.2) is 0 Å². The highest BCUT2D eigenvalue weighted by molar-refractivity contribution is 5.76. The van der Waals surface area contributed by atoms with Crippen LogP contribution in [0, 0.1) is 0 Å². The summed E-state index contributed by atoms with van der Waals surface area (Å²) in [5, 5.41) is 10.7. The minimum atomic E-state index is -0.651. The molecule has 1 N–H and O–H groups in total. The number of hydrogen-bond acceptors (Lipinski definition) is 5. The molecule has 1 aliphatic rings. The van der Waals surface area contributed by atoms with E-state index in [0.717, 1.165) is 48.7 Å². The molecule has 0 saturated carbocycles. The molecule has 4 rings (SSSR count). The van der Waals surface area contributed by atoms with Crippen LogP contribution < -0.4 is 9.47 Å². The highest BCUT2D eigenvalue weighted by Crippen LogP contribution is 2.29. The average molecular weight is 382 g/mol. The number of nitrogens with zero attached hydrogens (tertiary/aromatic N) is 2. The van der Waals surface area contributed by atoms with Crippen molar-refractivity contribution in [3.05, 3.63) is 54.4 Å². The SMILES string of the molecule is COc1cccc(OCC(O)Cn2c(C3CCOCC3)nc3ccccc32)c1. The van der Waals surface area contributed by atoms with Crippen LogP contribution in [0.25, 0.3) is 11.0 Å². The van der Waals surface area contributed by atoms with Gasteiger partial charge in [-0.2, -0.15) is 0 Å². The summed E-state index contributed by atoms with van der Waals surface area (Å²) >= 11 is 0. The Morgan fingerprint density at radius 2 is 1.93 bits per heavy atom. The van der Waals surface area contributed by atoms with E-state index in [1.165, 1.54) is 0 Å². The van der Waals surface area contributed by atoms with Crippen LogP contribution in [0.5, 0.6) is 11.5 Å². The molecule has 148 valence electrons. The van der Waals surface area contributed by atoms with Gasteiger partial charge in [-0.25, -0.2) is 4.98 Å². The number of aliphatic hydroxyl groups excluding tert-OH is 1. The summed E-state index contributed by atoms with van der Waals surface area (Å²) in [7, 11) is 1.62. The van der Waals surface area contributed by atoms with Crippen molar-refractivity contribution in [3.63, 3.8) is 0 Å². The molecule has 0 spiro atoms. The third-order valence-electron chi connectivity index (χ3n) is 5.15. The quantitative estimate of drug-likeness (QED) is 0.679. The van der Waals surface area contributed by atoms with Gasteiger partial charge in [0.2, 0.25) is 0 Å². The number of rotatable bonds is 7. The lowest BCUT2D eigenvalue weighted by molar-refractivity contribution is 0.0780. The van der Waals surface area contributed by atoms with Gasteiger partial charge in [-0.3, -0.25) is 0 Å². The first-order valence-corrected chi connectivity index (χ1v) is 9.72. The van der Waals surface area contributed by atoms with Crippen LogP contribution in [0.2, 0.25) is 0 Å². The van der Waals surface area contributed by atoms with Crippen molar-refractivity contribution < 1.29 is 19.3 Å². The first-order chi connectivity index (χ1) is 13.7. The maximum absolute atomic E-state index is 10.7. The van der Waals surface area contributed by atoms with Crippen molar-refractivity contribution in [2.75, 3.05) is 26.9 Å². The summed E-state index contributed by atoms with van der Waals surface area (Å²) in [4.78, 5) is 4.87. The van der Waals surface area contributed by atoms with Gasteiger partial charge in [0.25, 0.3) is 0 Å². The molecule has 1 aromatic heterocycles. The second-order valence-corrected chi connectivity index (χ2v) is 7.10. The maximum Gasteiger partial charge on any atom is 0.123 e. The van der Waals surface area contributed by atoms with Gasteiger partial charge >= 0.3 is 0 Å². The molecule has 28 heavy (non-hydrogen) atoms. The number of imidazole rings is 1. The summed E-state index contributed by atoms with van der Waals surface area (Å²) in [5.41, 5.74) is 2.01.